The topological polar surface area (TPSA) is 54.4 Å². The number of carboxylic acid groups (broad SMARTS) is 1. The highest BCUT2D eigenvalue weighted by Gasteiger charge is 2.16. The third kappa shape index (κ3) is 15.1. The summed E-state index contributed by atoms with van der Waals surface area (Å²) in [6, 6.07) is 0. The lowest BCUT2D eigenvalue weighted by atomic mass is 10.1. The van der Waals surface area contributed by atoms with Crippen LogP contribution in [0.4, 0.5) is 4.79 Å². The van der Waals surface area contributed by atoms with Crippen LogP contribution >= 0.6 is 33.3 Å². The summed E-state index contributed by atoms with van der Waals surface area (Å²) < 4.78 is -0.105. The molecule has 1 N–H and O–H groups in total. The zero-order chi connectivity index (χ0) is 16.6. The van der Waals surface area contributed by atoms with Crippen molar-refractivity contribution in [2.75, 3.05) is 5.75 Å². The van der Waals surface area contributed by atoms with Crippen LogP contribution in [0.25, 0.3) is 0 Å². The Morgan fingerprint density at radius 3 is 1.91 bits per heavy atom. The van der Waals surface area contributed by atoms with Crippen molar-refractivity contribution in [1.82, 2.24) is 0 Å². The molecule has 0 heterocycles. The number of unbranched alkanes of at least 4 members (excludes halogenated alkanes) is 9. The van der Waals surface area contributed by atoms with Gasteiger partial charge >= 0.3 is 5.97 Å². The first kappa shape index (κ1) is 22.2. The van der Waals surface area contributed by atoms with Gasteiger partial charge in [-0.3, -0.25) is 9.59 Å². The first-order valence-electron chi connectivity index (χ1n) is 8.30. The number of aliphatic carboxylic acids is 1. The lowest BCUT2D eigenvalue weighted by Gasteiger charge is -2.04. The molecular weight excluding hydrogens is 336 g/mol. The van der Waals surface area contributed by atoms with E-state index in [1.807, 2.05) is 0 Å². The van der Waals surface area contributed by atoms with E-state index in [9.17, 15) is 9.59 Å². The molecule has 0 bridgehead atoms. The Kier molecular flexibility index (Phi) is 16.2. The van der Waals surface area contributed by atoms with Gasteiger partial charge < -0.3 is 5.11 Å². The number of carboxylic acids is 1. The van der Waals surface area contributed by atoms with Crippen molar-refractivity contribution in [2.24, 2.45) is 0 Å². The van der Waals surface area contributed by atoms with E-state index in [-0.39, 0.29) is 4.45 Å². The summed E-state index contributed by atoms with van der Waals surface area (Å²) in [7, 11) is 2.72. The summed E-state index contributed by atoms with van der Waals surface area (Å²) in [5, 5.41) is 8.06. The fourth-order valence-electron chi connectivity index (χ4n) is 1.95. The zero-order valence-electron chi connectivity index (χ0n) is 13.8. The maximum atomic E-state index is 11.5. The lowest BCUT2D eigenvalue weighted by Crippen LogP contribution is -2.12. The van der Waals surface area contributed by atoms with Crippen molar-refractivity contribution in [1.29, 1.82) is 0 Å². The molecule has 0 fully saturated rings. The standard InChI is InChI=1S/C16H30O3S3/c1-3-4-5-6-7-8-9-10-11-12-13-20-22-16(19)21-14(2)15(17)18/h14H,3-13H2,1-2H3,(H,17,18). The molecule has 0 aromatic heterocycles. The maximum absolute atomic E-state index is 11.5. The summed E-state index contributed by atoms with van der Waals surface area (Å²) in [6.45, 7) is 3.79. The van der Waals surface area contributed by atoms with E-state index in [4.69, 9.17) is 5.11 Å². The predicted molar refractivity (Wildman–Crippen MR) is 102 cm³/mol. The summed E-state index contributed by atoms with van der Waals surface area (Å²) in [5.41, 5.74) is 0. The summed E-state index contributed by atoms with van der Waals surface area (Å²) in [5.74, 6) is 0.0354. The largest absolute Gasteiger partial charge is 0.480 e. The summed E-state index contributed by atoms with van der Waals surface area (Å²) >= 11 is 0.894. The monoisotopic (exact) mass is 366 g/mol. The minimum absolute atomic E-state index is 0.105. The highest BCUT2D eigenvalue weighted by atomic mass is 33.1. The van der Waals surface area contributed by atoms with Gasteiger partial charge in [0.2, 0.25) is 0 Å². The highest BCUT2D eigenvalue weighted by Crippen LogP contribution is 2.31. The number of rotatable bonds is 14. The third-order valence-electron chi connectivity index (χ3n) is 3.33. The normalized spacial score (nSPS) is 12.3. The Morgan fingerprint density at radius 2 is 1.41 bits per heavy atom. The molecule has 0 spiro atoms. The first-order valence-corrected chi connectivity index (χ1v) is 11.5. The Bertz CT molecular complexity index is 298. The molecule has 130 valence electrons. The van der Waals surface area contributed by atoms with Crippen molar-refractivity contribution in [3.63, 3.8) is 0 Å². The van der Waals surface area contributed by atoms with Gasteiger partial charge in [-0.15, -0.1) is 0 Å². The van der Waals surface area contributed by atoms with E-state index in [1.165, 1.54) is 68.6 Å². The summed E-state index contributed by atoms with van der Waals surface area (Å²) in [4.78, 5) is 22.1. The smallest absolute Gasteiger partial charge is 0.316 e. The zero-order valence-corrected chi connectivity index (χ0v) is 16.3. The minimum atomic E-state index is -0.932. The van der Waals surface area contributed by atoms with Gasteiger partial charge in [0.1, 0.15) is 5.25 Å². The van der Waals surface area contributed by atoms with Crippen LogP contribution in [0.15, 0.2) is 0 Å². The van der Waals surface area contributed by atoms with Gasteiger partial charge in [0.15, 0.2) is 0 Å². The van der Waals surface area contributed by atoms with Gasteiger partial charge in [-0.2, -0.15) is 0 Å². The molecule has 0 saturated heterocycles. The van der Waals surface area contributed by atoms with Crippen LogP contribution in [0, 0.1) is 0 Å². The fraction of sp³-hybridized carbons (Fsp3) is 0.875. The van der Waals surface area contributed by atoms with Crippen LogP contribution in [0.3, 0.4) is 0 Å². The van der Waals surface area contributed by atoms with Crippen molar-refractivity contribution in [3.05, 3.63) is 0 Å². The van der Waals surface area contributed by atoms with Crippen LogP contribution in [0.5, 0.6) is 0 Å². The molecule has 0 aliphatic heterocycles. The minimum Gasteiger partial charge on any atom is -0.480 e. The molecule has 6 heteroatoms. The van der Waals surface area contributed by atoms with Crippen molar-refractivity contribution >= 4 is 43.8 Å². The molecule has 0 aromatic carbocycles. The second kappa shape index (κ2) is 16.1. The molecule has 3 nitrogen and oxygen atoms in total. The second-order valence-corrected chi connectivity index (χ2v) is 9.40. The quantitative estimate of drug-likeness (QED) is 0.275. The van der Waals surface area contributed by atoms with Crippen molar-refractivity contribution in [2.45, 2.75) is 83.3 Å². The van der Waals surface area contributed by atoms with Gasteiger partial charge in [0.25, 0.3) is 4.45 Å². The van der Waals surface area contributed by atoms with Gasteiger partial charge in [-0.1, -0.05) is 87.3 Å². The summed E-state index contributed by atoms with van der Waals surface area (Å²) in [6.07, 6.45) is 13.2. The number of thioether (sulfide) groups is 1. The van der Waals surface area contributed by atoms with E-state index in [0.29, 0.717) is 0 Å². The average Bonchev–Trinajstić information content (AvgIpc) is 2.48. The van der Waals surface area contributed by atoms with E-state index in [0.717, 1.165) is 23.9 Å². The van der Waals surface area contributed by atoms with Crippen LogP contribution in [-0.2, 0) is 4.79 Å². The number of carbonyl (C=O) groups excluding carboxylic acids is 1. The van der Waals surface area contributed by atoms with Crippen molar-refractivity contribution in [3.8, 4) is 0 Å². The number of hydrogen-bond acceptors (Lipinski definition) is 5. The van der Waals surface area contributed by atoms with E-state index in [1.54, 1.807) is 17.7 Å². The van der Waals surface area contributed by atoms with Crippen LogP contribution in [0.1, 0.15) is 78.1 Å². The molecule has 22 heavy (non-hydrogen) atoms. The number of carbonyl (C=O) groups is 2. The SMILES string of the molecule is CCCCCCCCCCCCSSC(=O)SC(C)C(=O)O. The van der Waals surface area contributed by atoms with E-state index >= 15 is 0 Å². The predicted octanol–water partition coefficient (Wildman–Crippen LogP) is 6.62. The van der Waals surface area contributed by atoms with Crippen molar-refractivity contribution < 1.29 is 14.7 Å². The van der Waals surface area contributed by atoms with Gasteiger partial charge in [-0.05, 0) is 24.1 Å². The molecule has 1 unspecified atom stereocenters. The number of hydrogen-bond donors (Lipinski definition) is 1. The van der Waals surface area contributed by atoms with E-state index in [2.05, 4.69) is 6.92 Å². The Morgan fingerprint density at radius 1 is 0.909 bits per heavy atom. The lowest BCUT2D eigenvalue weighted by molar-refractivity contribution is -0.136. The Balaban J connectivity index is 3.23. The Hall–Kier alpha value is 0.190. The van der Waals surface area contributed by atoms with Crippen LogP contribution < -0.4 is 0 Å². The molecule has 0 rings (SSSR count). The van der Waals surface area contributed by atoms with E-state index < -0.39 is 11.2 Å². The molecule has 0 aromatic rings. The molecule has 0 radical (unpaired) electrons. The molecule has 0 aliphatic rings. The van der Waals surface area contributed by atoms with Gasteiger partial charge in [0.05, 0.1) is 0 Å². The van der Waals surface area contributed by atoms with Crippen LogP contribution in [-0.4, -0.2) is 26.5 Å². The average molecular weight is 367 g/mol. The fourth-order valence-corrected chi connectivity index (χ4v) is 5.11. The van der Waals surface area contributed by atoms with Gasteiger partial charge in [-0.25, -0.2) is 0 Å². The maximum Gasteiger partial charge on any atom is 0.316 e. The first-order chi connectivity index (χ1) is 10.6. The molecular formula is C16H30O3S3. The molecule has 0 saturated carbocycles. The third-order valence-corrected chi connectivity index (χ3v) is 6.95. The molecule has 1 atom stereocenters. The molecule has 0 amide bonds. The Labute approximate surface area is 147 Å². The van der Waals surface area contributed by atoms with Gasteiger partial charge in [0, 0.05) is 5.75 Å². The highest BCUT2D eigenvalue weighted by molar-refractivity contribution is 8.86. The molecule has 0 aliphatic carbocycles. The van der Waals surface area contributed by atoms with Crippen LogP contribution in [0.2, 0.25) is 0 Å². The second-order valence-electron chi connectivity index (χ2n) is 5.44.